The first kappa shape index (κ1) is 25.2. The Balaban J connectivity index is 1.62. The van der Waals surface area contributed by atoms with Crippen LogP contribution in [0.25, 0.3) is 22.2 Å². The average Bonchev–Trinajstić information content (AvgIpc) is 3.17. The molecular formula is C28H26N6O3S. The molecule has 0 unspecified atom stereocenters. The van der Waals surface area contributed by atoms with Crippen molar-refractivity contribution in [3.63, 3.8) is 0 Å². The van der Waals surface area contributed by atoms with E-state index in [4.69, 9.17) is 4.74 Å². The van der Waals surface area contributed by atoms with E-state index in [-0.39, 0.29) is 23.4 Å². The summed E-state index contributed by atoms with van der Waals surface area (Å²) in [6.45, 7) is 3.68. The quantitative estimate of drug-likeness (QED) is 0.306. The molecule has 1 aliphatic rings. The Kier molecular flexibility index (Phi) is 6.75. The Morgan fingerprint density at radius 2 is 1.89 bits per heavy atom. The first-order valence-corrected chi connectivity index (χ1v) is 14.1. The predicted octanol–water partition coefficient (Wildman–Crippen LogP) is 5.82. The molecule has 2 aromatic heterocycles. The van der Waals surface area contributed by atoms with Gasteiger partial charge in [0.15, 0.2) is 0 Å². The Bertz CT molecular complexity index is 1730. The fourth-order valence-corrected chi connectivity index (χ4v) is 5.98. The summed E-state index contributed by atoms with van der Waals surface area (Å²) in [6.07, 6.45) is 6.51. The first-order chi connectivity index (χ1) is 18.3. The molecule has 1 saturated carbocycles. The molecule has 0 spiro atoms. The molecule has 0 radical (unpaired) electrons. The van der Waals surface area contributed by atoms with Gasteiger partial charge in [-0.2, -0.15) is 10.5 Å². The van der Waals surface area contributed by atoms with E-state index in [2.05, 4.69) is 25.3 Å². The molecule has 5 rings (SSSR count). The zero-order valence-electron chi connectivity index (χ0n) is 21.1. The van der Waals surface area contributed by atoms with Gasteiger partial charge >= 0.3 is 0 Å². The normalized spacial score (nSPS) is 13.5. The number of hydrogen-bond acceptors (Lipinski definition) is 7. The number of nitriles is 2. The SMILES string of the molecule is CCCS(=O)(=O)Nc1ccc(-c2c(C#N)c3ccc(Oc4nccnc4C#N)cc3n2C2CCC2)cc1C. The van der Waals surface area contributed by atoms with Crippen molar-refractivity contribution in [1.29, 1.82) is 10.5 Å². The van der Waals surface area contributed by atoms with E-state index in [0.29, 0.717) is 23.4 Å². The van der Waals surface area contributed by atoms with Gasteiger partial charge < -0.3 is 9.30 Å². The van der Waals surface area contributed by atoms with Gasteiger partial charge in [0.05, 0.1) is 28.2 Å². The van der Waals surface area contributed by atoms with Crippen molar-refractivity contribution in [2.24, 2.45) is 0 Å². The van der Waals surface area contributed by atoms with E-state index in [1.54, 1.807) is 12.1 Å². The highest BCUT2D eigenvalue weighted by Gasteiger charge is 2.28. The summed E-state index contributed by atoms with van der Waals surface area (Å²) in [5, 5.41) is 20.4. The predicted molar refractivity (Wildman–Crippen MR) is 144 cm³/mol. The molecule has 1 aliphatic carbocycles. The number of nitrogens with one attached hydrogen (secondary N) is 1. The van der Waals surface area contributed by atoms with Crippen LogP contribution in [0.2, 0.25) is 0 Å². The second-order valence-corrected chi connectivity index (χ2v) is 11.2. The molecule has 4 aromatic rings. The molecule has 10 heteroatoms. The molecule has 1 fully saturated rings. The molecular weight excluding hydrogens is 500 g/mol. The Labute approximate surface area is 221 Å². The molecule has 0 atom stereocenters. The number of nitrogens with zero attached hydrogens (tertiary/aromatic N) is 5. The van der Waals surface area contributed by atoms with E-state index in [9.17, 15) is 18.9 Å². The Morgan fingerprint density at radius 3 is 2.55 bits per heavy atom. The van der Waals surface area contributed by atoms with E-state index in [0.717, 1.165) is 47.0 Å². The fourth-order valence-electron chi connectivity index (χ4n) is 4.78. The highest BCUT2D eigenvalue weighted by molar-refractivity contribution is 7.92. The molecule has 2 heterocycles. The summed E-state index contributed by atoms with van der Waals surface area (Å²) in [5.74, 6) is 0.659. The van der Waals surface area contributed by atoms with Crippen LogP contribution in [0.1, 0.15) is 55.5 Å². The molecule has 9 nitrogen and oxygen atoms in total. The van der Waals surface area contributed by atoms with Crippen molar-refractivity contribution >= 4 is 26.6 Å². The third-order valence-electron chi connectivity index (χ3n) is 6.75. The lowest BCUT2D eigenvalue weighted by molar-refractivity contribution is 0.324. The number of rotatable bonds is 8. The zero-order chi connectivity index (χ0) is 26.9. The number of benzene rings is 2. The molecule has 0 bridgehead atoms. The molecule has 38 heavy (non-hydrogen) atoms. The van der Waals surface area contributed by atoms with Crippen LogP contribution in [-0.2, 0) is 10.0 Å². The Morgan fingerprint density at radius 1 is 1.11 bits per heavy atom. The largest absolute Gasteiger partial charge is 0.436 e. The van der Waals surface area contributed by atoms with Gasteiger partial charge in [0.1, 0.15) is 17.9 Å². The number of fused-ring (bicyclic) bond motifs is 1. The van der Waals surface area contributed by atoms with Crippen molar-refractivity contribution in [1.82, 2.24) is 14.5 Å². The van der Waals surface area contributed by atoms with Gasteiger partial charge in [-0.25, -0.2) is 18.4 Å². The topological polar surface area (TPSA) is 134 Å². The van der Waals surface area contributed by atoms with Crippen molar-refractivity contribution in [3.8, 4) is 35.0 Å². The minimum absolute atomic E-state index is 0.0531. The highest BCUT2D eigenvalue weighted by Crippen LogP contribution is 2.44. The molecule has 2 aromatic carbocycles. The van der Waals surface area contributed by atoms with Crippen LogP contribution in [0.3, 0.4) is 0 Å². The van der Waals surface area contributed by atoms with E-state index < -0.39 is 10.0 Å². The summed E-state index contributed by atoms with van der Waals surface area (Å²) < 4.78 is 35.4. The maximum absolute atomic E-state index is 12.3. The second kappa shape index (κ2) is 10.2. The first-order valence-electron chi connectivity index (χ1n) is 12.4. The minimum Gasteiger partial charge on any atom is -0.436 e. The lowest BCUT2D eigenvalue weighted by atomic mass is 9.92. The van der Waals surface area contributed by atoms with Gasteiger partial charge in [-0.15, -0.1) is 0 Å². The molecule has 0 saturated heterocycles. The third kappa shape index (κ3) is 4.67. The van der Waals surface area contributed by atoms with Crippen molar-refractivity contribution in [2.75, 3.05) is 10.5 Å². The van der Waals surface area contributed by atoms with Gasteiger partial charge in [0.25, 0.3) is 5.88 Å². The summed E-state index contributed by atoms with van der Waals surface area (Å²) in [4.78, 5) is 8.14. The Hall–Kier alpha value is -4.41. The van der Waals surface area contributed by atoms with Crippen molar-refractivity contribution in [3.05, 3.63) is 65.6 Å². The van der Waals surface area contributed by atoms with Gasteiger partial charge in [-0.05, 0) is 68.0 Å². The maximum atomic E-state index is 12.3. The van der Waals surface area contributed by atoms with Crippen LogP contribution >= 0.6 is 0 Å². The van der Waals surface area contributed by atoms with Crippen LogP contribution in [0, 0.1) is 29.6 Å². The van der Waals surface area contributed by atoms with Crippen LogP contribution in [0.4, 0.5) is 5.69 Å². The lowest BCUT2D eigenvalue weighted by Crippen LogP contribution is -2.18. The standard InChI is InChI=1S/C28H26N6O3S/c1-3-13-38(35,36)33-24-10-7-19(14-18(24)2)27-23(16-29)22-9-8-21(15-26(22)34(27)20-5-4-6-20)37-28-25(17-30)31-11-12-32-28/h7-12,14-15,20,33H,3-6,13H2,1-2H3. The minimum atomic E-state index is -3.42. The lowest BCUT2D eigenvalue weighted by Gasteiger charge is -2.30. The highest BCUT2D eigenvalue weighted by atomic mass is 32.2. The summed E-state index contributed by atoms with van der Waals surface area (Å²) in [7, 11) is -3.42. The van der Waals surface area contributed by atoms with Crippen molar-refractivity contribution in [2.45, 2.75) is 45.6 Å². The fraction of sp³-hybridized carbons (Fsp3) is 0.286. The van der Waals surface area contributed by atoms with Gasteiger partial charge in [0.2, 0.25) is 15.7 Å². The van der Waals surface area contributed by atoms with Crippen molar-refractivity contribution < 1.29 is 13.2 Å². The molecule has 0 aliphatic heterocycles. The number of hydrogen-bond donors (Lipinski definition) is 1. The van der Waals surface area contributed by atoms with Crippen LogP contribution < -0.4 is 9.46 Å². The van der Waals surface area contributed by atoms with Gasteiger partial charge in [-0.1, -0.05) is 13.0 Å². The summed E-state index contributed by atoms with van der Waals surface area (Å²) in [5.41, 5.74) is 4.43. The molecule has 1 N–H and O–H groups in total. The van der Waals surface area contributed by atoms with Crippen LogP contribution in [0.15, 0.2) is 48.8 Å². The third-order valence-corrected chi connectivity index (χ3v) is 8.23. The summed E-state index contributed by atoms with van der Waals surface area (Å²) >= 11 is 0. The number of aryl methyl sites for hydroxylation is 1. The zero-order valence-corrected chi connectivity index (χ0v) is 21.9. The number of aromatic nitrogens is 3. The number of ether oxygens (including phenoxy) is 1. The van der Waals surface area contributed by atoms with E-state index in [1.807, 2.05) is 44.2 Å². The second-order valence-electron chi connectivity index (χ2n) is 9.34. The average molecular weight is 527 g/mol. The van der Waals surface area contributed by atoms with Gasteiger partial charge in [0, 0.05) is 29.9 Å². The molecule has 192 valence electrons. The van der Waals surface area contributed by atoms with E-state index in [1.165, 1.54) is 12.4 Å². The number of sulfonamides is 1. The number of anilines is 1. The monoisotopic (exact) mass is 526 g/mol. The smallest absolute Gasteiger partial charge is 0.256 e. The van der Waals surface area contributed by atoms with Crippen LogP contribution in [0.5, 0.6) is 11.6 Å². The molecule has 0 amide bonds. The van der Waals surface area contributed by atoms with Gasteiger partial charge in [-0.3, -0.25) is 4.72 Å². The van der Waals surface area contributed by atoms with E-state index >= 15 is 0 Å². The maximum Gasteiger partial charge on any atom is 0.256 e. The van der Waals surface area contributed by atoms with Crippen LogP contribution in [-0.4, -0.2) is 28.7 Å². The summed E-state index contributed by atoms with van der Waals surface area (Å²) in [6, 6.07) is 15.6.